The predicted molar refractivity (Wildman–Crippen MR) is 104 cm³/mol. The molecule has 0 spiro atoms. The van der Waals surface area contributed by atoms with Gasteiger partial charge in [-0.1, -0.05) is 0 Å². The molecule has 0 aliphatic carbocycles. The number of pyridine rings is 1. The largest absolute Gasteiger partial charge is 0.352 e. The van der Waals surface area contributed by atoms with Gasteiger partial charge in [0.15, 0.2) is 0 Å². The Hall–Kier alpha value is -3.81. The molecule has 0 saturated heterocycles. The number of carbonyl (C=O) groups is 1. The number of benzene rings is 1. The number of carbonyl (C=O) groups excluding carboxylic acids is 1. The van der Waals surface area contributed by atoms with Crippen LogP contribution in [0.25, 0.3) is 16.9 Å². The van der Waals surface area contributed by atoms with Crippen LogP contribution in [-0.4, -0.2) is 38.5 Å². The topological polar surface area (TPSA) is 84.7 Å². The Bertz CT molecular complexity index is 1110. The van der Waals surface area contributed by atoms with Crippen LogP contribution >= 0.6 is 0 Å². The zero-order chi connectivity index (χ0) is 19.3. The standard InChI is InChI=1S/C20H17FN6O/c21-16-5-3-15(4-6-16)19(28)23-11-12-25-20-24-10-7-17(26-20)27-13-8-14-2-1-9-22-18(14)27/h1-10,13H,11-12H2,(H,23,28)(H,24,25,26). The summed E-state index contributed by atoms with van der Waals surface area (Å²) >= 11 is 0. The third-order valence-corrected chi connectivity index (χ3v) is 4.14. The zero-order valence-corrected chi connectivity index (χ0v) is 14.8. The monoisotopic (exact) mass is 376 g/mol. The molecule has 0 unspecified atom stereocenters. The van der Waals surface area contributed by atoms with Gasteiger partial charge in [-0.2, -0.15) is 4.98 Å². The van der Waals surface area contributed by atoms with Crippen LogP contribution in [0.3, 0.4) is 0 Å². The molecule has 28 heavy (non-hydrogen) atoms. The fourth-order valence-corrected chi connectivity index (χ4v) is 2.77. The van der Waals surface area contributed by atoms with E-state index in [-0.39, 0.29) is 11.7 Å². The summed E-state index contributed by atoms with van der Waals surface area (Å²) in [4.78, 5) is 25.1. The molecule has 3 aromatic heterocycles. The summed E-state index contributed by atoms with van der Waals surface area (Å²) in [6.07, 6.45) is 5.31. The van der Waals surface area contributed by atoms with Gasteiger partial charge in [0.05, 0.1) is 0 Å². The molecule has 8 heteroatoms. The summed E-state index contributed by atoms with van der Waals surface area (Å²) in [6.45, 7) is 0.818. The molecule has 1 aromatic carbocycles. The molecule has 4 rings (SSSR count). The van der Waals surface area contributed by atoms with Gasteiger partial charge in [0.25, 0.3) is 5.91 Å². The van der Waals surface area contributed by atoms with Crippen molar-refractivity contribution < 1.29 is 9.18 Å². The molecule has 0 atom stereocenters. The Labute approximate surface area is 160 Å². The Balaban J connectivity index is 1.36. The third-order valence-electron chi connectivity index (χ3n) is 4.14. The Kier molecular flexibility index (Phi) is 4.92. The van der Waals surface area contributed by atoms with Gasteiger partial charge in [0.1, 0.15) is 17.3 Å². The van der Waals surface area contributed by atoms with Crippen LogP contribution in [0.15, 0.2) is 67.1 Å². The first kappa shape index (κ1) is 17.6. The molecule has 0 aliphatic rings. The number of aromatic nitrogens is 4. The minimum atomic E-state index is -0.374. The van der Waals surface area contributed by atoms with Crippen LogP contribution in [0.5, 0.6) is 0 Å². The van der Waals surface area contributed by atoms with E-state index in [9.17, 15) is 9.18 Å². The van der Waals surface area contributed by atoms with E-state index >= 15 is 0 Å². The molecule has 3 heterocycles. The molecule has 4 aromatic rings. The van der Waals surface area contributed by atoms with Crippen LogP contribution in [0.2, 0.25) is 0 Å². The third kappa shape index (κ3) is 3.80. The van der Waals surface area contributed by atoms with Crippen LogP contribution in [-0.2, 0) is 0 Å². The fourth-order valence-electron chi connectivity index (χ4n) is 2.77. The van der Waals surface area contributed by atoms with Gasteiger partial charge >= 0.3 is 0 Å². The normalized spacial score (nSPS) is 10.8. The van der Waals surface area contributed by atoms with Crippen molar-refractivity contribution in [2.45, 2.75) is 0 Å². The first-order chi connectivity index (χ1) is 13.7. The number of nitrogens with zero attached hydrogens (tertiary/aromatic N) is 4. The van der Waals surface area contributed by atoms with Crippen LogP contribution in [0.4, 0.5) is 10.3 Å². The lowest BCUT2D eigenvalue weighted by Crippen LogP contribution is -2.29. The van der Waals surface area contributed by atoms with Gasteiger partial charge in [-0.05, 0) is 48.5 Å². The van der Waals surface area contributed by atoms with E-state index < -0.39 is 0 Å². The van der Waals surface area contributed by atoms with Crippen molar-refractivity contribution in [3.05, 3.63) is 78.5 Å². The summed E-state index contributed by atoms with van der Waals surface area (Å²) in [5.74, 6) is 0.509. The highest BCUT2D eigenvalue weighted by molar-refractivity contribution is 5.94. The molecular weight excluding hydrogens is 359 g/mol. The maximum absolute atomic E-state index is 12.9. The first-order valence-electron chi connectivity index (χ1n) is 8.74. The lowest BCUT2D eigenvalue weighted by molar-refractivity contribution is 0.0955. The first-order valence-corrected chi connectivity index (χ1v) is 8.74. The van der Waals surface area contributed by atoms with Crippen LogP contribution in [0, 0.1) is 5.82 Å². The van der Waals surface area contributed by atoms with E-state index in [1.54, 1.807) is 18.5 Å². The average Bonchev–Trinajstić information content (AvgIpc) is 3.16. The smallest absolute Gasteiger partial charge is 0.251 e. The molecule has 1 amide bonds. The van der Waals surface area contributed by atoms with Crippen molar-refractivity contribution in [1.82, 2.24) is 24.8 Å². The lowest BCUT2D eigenvalue weighted by atomic mass is 10.2. The molecule has 0 bridgehead atoms. The van der Waals surface area contributed by atoms with Crippen LogP contribution < -0.4 is 10.6 Å². The molecule has 0 saturated carbocycles. The van der Waals surface area contributed by atoms with Crippen LogP contribution in [0.1, 0.15) is 10.4 Å². The molecule has 0 radical (unpaired) electrons. The Morgan fingerprint density at radius 1 is 1.00 bits per heavy atom. The highest BCUT2D eigenvalue weighted by Gasteiger charge is 2.07. The average molecular weight is 376 g/mol. The van der Waals surface area contributed by atoms with Crippen molar-refractivity contribution in [3.63, 3.8) is 0 Å². The Morgan fingerprint density at radius 2 is 1.86 bits per heavy atom. The maximum atomic E-state index is 12.9. The number of nitrogens with one attached hydrogen (secondary N) is 2. The van der Waals surface area contributed by atoms with E-state index in [0.717, 1.165) is 11.0 Å². The predicted octanol–water partition coefficient (Wildman–Crippen LogP) is 2.80. The van der Waals surface area contributed by atoms with Gasteiger partial charge in [-0.15, -0.1) is 0 Å². The summed E-state index contributed by atoms with van der Waals surface area (Å²) in [5.41, 5.74) is 1.23. The SMILES string of the molecule is O=C(NCCNc1nccc(-n2ccc3cccnc32)n1)c1ccc(F)cc1. The van der Waals surface area contributed by atoms with E-state index in [2.05, 4.69) is 25.6 Å². The second-order valence-electron chi connectivity index (χ2n) is 6.03. The van der Waals surface area contributed by atoms with Gasteiger partial charge in [0, 0.05) is 42.6 Å². The fraction of sp³-hybridized carbons (Fsp3) is 0.100. The van der Waals surface area contributed by atoms with Crippen molar-refractivity contribution in [2.75, 3.05) is 18.4 Å². The second-order valence-corrected chi connectivity index (χ2v) is 6.03. The number of rotatable bonds is 6. The lowest BCUT2D eigenvalue weighted by Gasteiger charge is -2.09. The van der Waals surface area contributed by atoms with Gasteiger partial charge in [0.2, 0.25) is 5.95 Å². The van der Waals surface area contributed by atoms with Gasteiger partial charge in [-0.25, -0.2) is 14.4 Å². The molecular formula is C20H17FN6O. The Morgan fingerprint density at radius 3 is 2.71 bits per heavy atom. The number of halogens is 1. The highest BCUT2D eigenvalue weighted by Crippen LogP contribution is 2.17. The molecule has 2 N–H and O–H groups in total. The zero-order valence-electron chi connectivity index (χ0n) is 14.8. The highest BCUT2D eigenvalue weighted by atomic mass is 19.1. The van der Waals surface area contributed by atoms with Gasteiger partial charge in [-0.3, -0.25) is 9.36 Å². The van der Waals surface area contributed by atoms with E-state index in [0.29, 0.717) is 30.4 Å². The van der Waals surface area contributed by atoms with Crippen molar-refractivity contribution in [3.8, 4) is 5.82 Å². The maximum Gasteiger partial charge on any atom is 0.251 e. The summed E-state index contributed by atoms with van der Waals surface area (Å²) in [5, 5.41) is 6.87. The molecule has 0 fully saturated rings. The molecule has 140 valence electrons. The van der Waals surface area contributed by atoms with E-state index in [1.165, 1.54) is 24.3 Å². The number of fused-ring (bicyclic) bond motifs is 1. The minimum absolute atomic E-state index is 0.263. The summed E-state index contributed by atoms with van der Waals surface area (Å²) in [6, 6.07) is 13.1. The van der Waals surface area contributed by atoms with Crippen molar-refractivity contribution in [2.24, 2.45) is 0 Å². The minimum Gasteiger partial charge on any atom is -0.352 e. The van der Waals surface area contributed by atoms with E-state index in [4.69, 9.17) is 0 Å². The molecule has 7 nitrogen and oxygen atoms in total. The van der Waals surface area contributed by atoms with Crippen molar-refractivity contribution >= 4 is 22.9 Å². The van der Waals surface area contributed by atoms with E-state index in [1.807, 2.05) is 29.0 Å². The number of hydrogen-bond acceptors (Lipinski definition) is 5. The quantitative estimate of drug-likeness (QED) is 0.506. The number of hydrogen-bond donors (Lipinski definition) is 2. The number of anilines is 1. The van der Waals surface area contributed by atoms with Crippen molar-refractivity contribution in [1.29, 1.82) is 0 Å². The summed E-state index contributed by atoms with van der Waals surface area (Å²) in [7, 11) is 0. The second kappa shape index (κ2) is 7.83. The number of amides is 1. The van der Waals surface area contributed by atoms with Gasteiger partial charge < -0.3 is 10.6 Å². The molecule has 0 aliphatic heterocycles. The summed E-state index contributed by atoms with van der Waals surface area (Å²) < 4.78 is 14.8.